The van der Waals surface area contributed by atoms with Crippen LogP contribution in [0.15, 0.2) is 10.9 Å². The van der Waals surface area contributed by atoms with E-state index < -0.39 is 5.97 Å². The lowest BCUT2D eigenvalue weighted by Gasteiger charge is -2.41. The highest BCUT2D eigenvalue weighted by atomic mass is 16.4. The molecule has 0 unspecified atom stereocenters. The molecule has 3 N–H and O–H groups in total. The Kier molecular flexibility index (Phi) is 3.87. The molecule has 0 amide bonds. The van der Waals surface area contributed by atoms with E-state index in [9.17, 15) is 9.59 Å². The fraction of sp³-hybridized carbons (Fsp3) is 0.615. The van der Waals surface area contributed by atoms with Crippen LogP contribution in [-0.4, -0.2) is 27.6 Å². The Hall–Kier alpha value is -1.85. The number of H-pyrrole nitrogens is 1. The van der Waals surface area contributed by atoms with E-state index in [1.165, 1.54) is 6.07 Å². The van der Waals surface area contributed by atoms with Crippen LogP contribution in [-0.2, 0) is 11.2 Å². The number of carboxylic acids is 1. The standard InChI is InChI=1S/C13H19N3O3/c1-2-9-15-10(6-11(17)16-9)14-8-13(4-3-5-13)7-12(18)19/h6H,2-5,7-8H2,1H3,(H,18,19)(H2,14,15,16,17). The number of nitrogens with zero attached hydrogens (tertiary/aromatic N) is 1. The minimum Gasteiger partial charge on any atom is -0.481 e. The molecule has 0 spiro atoms. The number of aliphatic carboxylic acids is 1. The summed E-state index contributed by atoms with van der Waals surface area (Å²) in [6.45, 7) is 2.47. The summed E-state index contributed by atoms with van der Waals surface area (Å²) in [6.07, 6.45) is 3.72. The number of anilines is 1. The Bertz CT molecular complexity index is 520. The number of aromatic nitrogens is 2. The van der Waals surface area contributed by atoms with Gasteiger partial charge in [0.25, 0.3) is 5.56 Å². The maximum Gasteiger partial charge on any atom is 0.303 e. The van der Waals surface area contributed by atoms with Crippen LogP contribution in [0.25, 0.3) is 0 Å². The van der Waals surface area contributed by atoms with Crippen LogP contribution in [0.2, 0.25) is 0 Å². The van der Waals surface area contributed by atoms with Crippen molar-refractivity contribution in [3.05, 3.63) is 22.2 Å². The van der Waals surface area contributed by atoms with Gasteiger partial charge >= 0.3 is 5.97 Å². The van der Waals surface area contributed by atoms with Crippen LogP contribution in [0.3, 0.4) is 0 Å². The number of hydrogen-bond donors (Lipinski definition) is 3. The predicted octanol–water partition coefficient (Wildman–Crippen LogP) is 1.39. The third kappa shape index (κ3) is 3.33. The van der Waals surface area contributed by atoms with Gasteiger partial charge < -0.3 is 15.4 Å². The van der Waals surface area contributed by atoms with Gasteiger partial charge in [-0.2, -0.15) is 0 Å². The molecule has 1 aliphatic rings. The minimum atomic E-state index is -0.769. The smallest absolute Gasteiger partial charge is 0.303 e. The average Bonchev–Trinajstić information content (AvgIpc) is 2.31. The highest BCUT2D eigenvalue weighted by Crippen LogP contribution is 2.43. The van der Waals surface area contributed by atoms with Gasteiger partial charge in [0.2, 0.25) is 0 Å². The van der Waals surface area contributed by atoms with Crippen molar-refractivity contribution in [1.29, 1.82) is 0 Å². The number of aromatic amines is 1. The summed E-state index contributed by atoms with van der Waals surface area (Å²) in [5.41, 5.74) is -0.363. The number of hydrogen-bond acceptors (Lipinski definition) is 4. The van der Waals surface area contributed by atoms with Crippen molar-refractivity contribution >= 4 is 11.8 Å². The van der Waals surface area contributed by atoms with Crippen LogP contribution < -0.4 is 10.9 Å². The molecule has 1 fully saturated rings. The fourth-order valence-electron chi connectivity index (χ4n) is 2.46. The lowest BCUT2D eigenvalue weighted by Crippen LogP contribution is -2.38. The molecule has 19 heavy (non-hydrogen) atoms. The molecule has 0 aromatic carbocycles. The fourth-order valence-corrected chi connectivity index (χ4v) is 2.46. The molecular weight excluding hydrogens is 246 g/mol. The molecule has 2 rings (SSSR count). The number of carbonyl (C=O) groups is 1. The Balaban J connectivity index is 2.03. The Morgan fingerprint density at radius 2 is 2.32 bits per heavy atom. The van der Waals surface area contributed by atoms with E-state index in [4.69, 9.17) is 5.11 Å². The highest BCUT2D eigenvalue weighted by Gasteiger charge is 2.38. The van der Waals surface area contributed by atoms with Crippen LogP contribution in [0.4, 0.5) is 5.82 Å². The maximum atomic E-state index is 11.4. The minimum absolute atomic E-state index is 0.170. The third-order valence-electron chi connectivity index (χ3n) is 3.71. The summed E-state index contributed by atoms with van der Waals surface area (Å²) in [5.74, 6) is 0.391. The largest absolute Gasteiger partial charge is 0.481 e. The van der Waals surface area contributed by atoms with Crippen LogP contribution in [0, 0.1) is 5.41 Å². The van der Waals surface area contributed by atoms with E-state index in [2.05, 4.69) is 15.3 Å². The number of nitrogens with one attached hydrogen (secondary N) is 2. The van der Waals surface area contributed by atoms with E-state index >= 15 is 0 Å². The normalized spacial score (nSPS) is 16.7. The predicted molar refractivity (Wildman–Crippen MR) is 71.3 cm³/mol. The molecule has 0 aliphatic heterocycles. The van der Waals surface area contributed by atoms with Gasteiger partial charge in [0.15, 0.2) is 0 Å². The topological polar surface area (TPSA) is 95.1 Å². The molecule has 6 nitrogen and oxygen atoms in total. The van der Waals surface area contributed by atoms with Gasteiger partial charge in [-0.1, -0.05) is 13.3 Å². The second kappa shape index (κ2) is 5.42. The monoisotopic (exact) mass is 265 g/mol. The van der Waals surface area contributed by atoms with E-state index in [-0.39, 0.29) is 17.4 Å². The first-order chi connectivity index (χ1) is 9.03. The van der Waals surface area contributed by atoms with Gasteiger partial charge in [-0.05, 0) is 18.3 Å². The molecule has 0 bridgehead atoms. The van der Waals surface area contributed by atoms with Crippen LogP contribution in [0.1, 0.15) is 38.4 Å². The lowest BCUT2D eigenvalue weighted by molar-refractivity contribution is -0.141. The molecule has 1 aromatic rings. The summed E-state index contributed by atoms with van der Waals surface area (Å²) in [7, 11) is 0. The van der Waals surface area contributed by atoms with Crippen LogP contribution in [0.5, 0.6) is 0 Å². The van der Waals surface area contributed by atoms with Crippen molar-refractivity contribution in [3.8, 4) is 0 Å². The summed E-state index contributed by atoms with van der Waals surface area (Å²) in [6, 6.07) is 1.41. The van der Waals surface area contributed by atoms with Crippen molar-refractivity contribution < 1.29 is 9.90 Å². The summed E-state index contributed by atoms with van der Waals surface area (Å²) in [4.78, 5) is 29.2. The zero-order valence-electron chi connectivity index (χ0n) is 11.0. The summed E-state index contributed by atoms with van der Waals surface area (Å²) < 4.78 is 0. The van der Waals surface area contributed by atoms with Crippen molar-refractivity contribution in [2.75, 3.05) is 11.9 Å². The zero-order valence-corrected chi connectivity index (χ0v) is 11.0. The van der Waals surface area contributed by atoms with E-state index in [0.717, 1.165) is 19.3 Å². The second-order valence-electron chi connectivity index (χ2n) is 5.21. The second-order valence-corrected chi connectivity index (χ2v) is 5.21. The zero-order chi connectivity index (χ0) is 13.9. The molecule has 6 heteroatoms. The Morgan fingerprint density at radius 3 is 2.84 bits per heavy atom. The molecule has 1 heterocycles. The molecule has 104 valence electrons. The number of rotatable bonds is 6. The van der Waals surface area contributed by atoms with Gasteiger partial charge in [0.1, 0.15) is 11.6 Å². The van der Waals surface area contributed by atoms with Gasteiger partial charge in [0.05, 0.1) is 6.42 Å². The van der Waals surface area contributed by atoms with Crippen molar-refractivity contribution in [2.24, 2.45) is 5.41 Å². The maximum absolute atomic E-state index is 11.4. The lowest BCUT2D eigenvalue weighted by atomic mass is 9.66. The molecule has 1 aromatic heterocycles. The van der Waals surface area contributed by atoms with Gasteiger partial charge in [-0.3, -0.25) is 9.59 Å². The molecule has 1 aliphatic carbocycles. The SMILES string of the molecule is CCc1nc(NCC2(CC(=O)O)CCC2)cc(=O)[nH]1. The first kappa shape index (κ1) is 13.6. The average molecular weight is 265 g/mol. The quantitative estimate of drug-likeness (QED) is 0.722. The molecular formula is C13H19N3O3. The van der Waals surface area contributed by atoms with Crippen molar-refractivity contribution in [1.82, 2.24) is 9.97 Å². The summed E-state index contributed by atoms with van der Waals surface area (Å²) in [5, 5.41) is 12.1. The first-order valence-corrected chi connectivity index (χ1v) is 6.59. The van der Waals surface area contributed by atoms with Crippen LogP contribution >= 0.6 is 0 Å². The third-order valence-corrected chi connectivity index (χ3v) is 3.71. The Morgan fingerprint density at radius 1 is 1.58 bits per heavy atom. The molecule has 0 radical (unpaired) electrons. The van der Waals surface area contributed by atoms with Crippen molar-refractivity contribution in [2.45, 2.75) is 39.0 Å². The molecule has 1 saturated carbocycles. The van der Waals surface area contributed by atoms with Gasteiger partial charge in [0, 0.05) is 19.0 Å². The molecule has 0 saturated heterocycles. The van der Waals surface area contributed by atoms with Crippen molar-refractivity contribution in [3.63, 3.8) is 0 Å². The Labute approximate surface area is 111 Å². The van der Waals surface area contributed by atoms with E-state index in [1.54, 1.807) is 0 Å². The van der Waals surface area contributed by atoms with E-state index in [1.807, 2.05) is 6.92 Å². The molecule has 0 atom stereocenters. The number of aryl methyl sites for hydroxylation is 1. The number of carboxylic acid groups (broad SMARTS) is 1. The first-order valence-electron chi connectivity index (χ1n) is 6.59. The van der Waals surface area contributed by atoms with Gasteiger partial charge in [-0.25, -0.2) is 4.98 Å². The highest BCUT2D eigenvalue weighted by molar-refractivity contribution is 5.68. The van der Waals surface area contributed by atoms with E-state index in [0.29, 0.717) is 24.6 Å². The summed E-state index contributed by atoms with van der Waals surface area (Å²) >= 11 is 0. The van der Waals surface area contributed by atoms with Gasteiger partial charge in [-0.15, -0.1) is 0 Å².